The topological polar surface area (TPSA) is 110 Å². The number of nitrogens with zero attached hydrogens (tertiary/aromatic N) is 6. The number of amides is 4. The molecule has 0 saturated carbocycles. The van der Waals surface area contributed by atoms with Crippen LogP contribution in [0.15, 0.2) is 85.5 Å². The van der Waals surface area contributed by atoms with E-state index in [0.29, 0.717) is 41.1 Å². The van der Waals surface area contributed by atoms with Crippen LogP contribution in [-0.2, 0) is 31.4 Å². The van der Waals surface area contributed by atoms with Gasteiger partial charge in [0.2, 0.25) is 5.79 Å². The Balaban J connectivity index is 0.924. The lowest BCUT2D eigenvalue weighted by molar-refractivity contribution is -0.189. The molecule has 12 nitrogen and oxygen atoms in total. The Morgan fingerprint density at radius 3 is 2.10 bits per heavy atom. The molecule has 0 spiro atoms. The van der Waals surface area contributed by atoms with E-state index in [4.69, 9.17) is 37.4 Å². The first-order valence-corrected chi connectivity index (χ1v) is 17.1. The molecule has 4 heterocycles. The highest BCUT2D eigenvalue weighted by Gasteiger charge is 2.47. The van der Waals surface area contributed by atoms with Crippen LogP contribution < -0.4 is 19.4 Å². The number of rotatable bonds is 10. The number of piperazine rings is 1. The SMILES string of the molecule is CC(C)N1C(=O)C(=O)N(c2ccc(N3CCN(c4ccc(OCC5COC(Cn6ccnc6)(c6ccc(Cl)cc6Cl)O5)cc4)CC3)cc2)C1=O. The predicted molar refractivity (Wildman–Crippen MR) is 189 cm³/mol. The number of ether oxygens (including phenoxy) is 3. The van der Waals surface area contributed by atoms with Gasteiger partial charge in [0.05, 0.1) is 30.2 Å². The summed E-state index contributed by atoms with van der Waals surface area (Å²) in [4.78, 5) is 48.2. The molecule has 3 saturated heterocycles. The molecule has 2 unspecified atom stereocenters. The Bertz CT molecular complexity index is 1860. The van der Waals surface area contributed by atoms with Gasteiger partial charge in [0.15, 0.2) is 0 Å². The zero-order chi connectivity index (χ0) is 35.0. The maximum atomic E-state index is 12.7. The van der Waals surface area contributed by atoms with Crippen LogP contribution in [-0.4, -0.2) is 83.8 Å². The molecule has 3 aliphatic heterocycles. The molecule has 0 bridgehead atoms. The van der Waals surface area contributed by atoms with E-state index in [1.54, 1.807) is 50.6 Å². The molecule has 4 aromatic rings. The third-order valence-corrected chi connectivity index (χ3v) is 9.61. The van der Waals surface area contributed by atoms with E-state index >= 15 is 0 Å². The summed E-state index contributed by atoms with van der Waals surface area (Å²) in [6, 6.07) is 19.5. The van der Waals surface area contributed by atoms with Gasteiger partial charge < -0.3 is 28.6 Å². The first kappa shape index (κ1) is 33.9. The van der Waals surface area contributed by atoms with E-state index in [2.05, 4.69) is 26.9 Å². The van der Waals surface area contributed by atoms with Crippen molar-refractivity contribution in [3.05, 3.63) is 101 Å². The van der Waals surface area contributed by atoms with E-state index in [1.807, 2.05) is 41.1 Å². The lowest BCUT2D eigenvalue weighted by Gasteiger charge is -2.37. The number of carbonyl (C=O) groups excluding carboxylic acids is 3. The zero-order valence-corrected chi connectivity index (χ0v) is 29.1. The number of carbonyl (C=O) groups is 3. The van der Waals surface area contributed by atoms with E-state index in [-0.39, 0.29) is 6.10 Å². The molecule has 4 amide bonds. The lowest BCUT2D eigenvalue weighted by Crippen LogP contribution is -2.46. The summed E-state index contributed by atoms with van der Waals surface area (Å²) in [5.41, 5.74) is 3.14. The number of urea groups is 1. The van der Waals surface area contributed by atoms with Crippen molar-refractivity contribution in [3.63, 3.8) is 0 Å². The Hall–Kier alpha value is -4.62. The molecule has 3 aliphatic rings. The monoisotopic (exact) mass is 718 g/mol. The number of halogens is 2. The Morgan fingerprint density at radius 1 is 0.880 bits per heavy atom. The number of aromatic nitrogens is 2. The number of anilines is 3. The average Bonchev–Trinajstić information content (AvgIpc) is 3.83. The Morgan fingerprint density at radius 2 is 1.52 bits per heavy atom. The second kappa shape index (κ2) is 13.9. The van der Waals surface area contributed by atoms with Crippen LogP contribution in [0, 0.1) is 0 Å². The average molecular weight is 720 g/mol. The summed E-state index contributed by atoms with van der Waals surface area (Å²) in [6.07, 6.45) is 4.91. The highest BCUT2D eigenvalue weighted by Crippen LogP contribution is 2.40. The molecular weight excluding hydrogens is 683 g/mol. The number of imidazole rings is 1. The van der Waals surface area contributed by atoms with Gasteiger partial charge in [0.1, 0.15) is 18.5 Å². The second-order valence-corrected chi connectivity index (χ2v) is 13.5. The summed E-state index contributed by atoms with van der Waals surface area (Å²) < 4.78 is 20.8. The van der Waals surface area contributed by atoms with Crippen molar-refractivity contribution in [2.45, 2.75) is 38.3 Å². The number of imide groups is 2. The van der Waals surface area contributed by atoms with Crippen molar-refractivity contribution in [2.24, 2.45) is 0 Å². The maximum absolute atomic E-state index is 12.7. The molecule has 3 fully saturated rings. The van der Waals surface area contributed by atoms with Gasteiger partial charge in [-0.05, 0) is 74.5 Å². The Kier molecular flexibility index (Phi) is 9.44. The number of hydrogen-bond donors (Lipinski definition) is 0. The number of hydrogen-bond acceptors (Lipinski definition) is 9. The standard InChI is InChI=1S/C36H36Cl2N6O6/c1-24(2)43-33(45)34(46)44(35(43)47)28-6-4-26(5-7-28)41-15-17-42(18-16-41)27-8-10-29(11-9-27)48-20-30-21-49-36(50-30,22-40-14-13-39-23-40)31-12-3-25(37)19-32(31)38/h3-14,19,23-24,30H,15-18,20-22H2,1-2H3. The van der Waals surface area contributed by atoms with Crippen LogP contribution in [0.25, 0.3) is 0 Å². The third kappa shape index (κ3) is 6.63. The van der Waals surface area contributed by atoms with Crippen LogP contribution in [0.3, 0.4) is 0 Å². The fourth-order valence-electron chi connectivity index (χ4n) is 6.52. The van der Waals surface area contributed by atoms with Gasteiger partial charge in [0.25, 0.3) is 0 Å². The summed E-state index contributed by atoms with van der Waals surface area (Å²) >= 11 is 12.8. The second-order valence-electron chi connectivity index (χ2n) is 12.7. The van der Waals surface area contributed by atoms with Gasteiger partial charge in [0, 0.05) is 66.6 Å². The first-order chi connectivity index (χ1) is 24.1. The normalized spacial score (nSPS) is 21.2. The van der Waals surface area contributed by atoms with Gasteiger partial charge in [-0.15, -0.1) is 0 Å². The number of benzene rings is 3. The molecule has 50 heavy (non-hydrogen) atoms. The van der Waals surface area contributed by atoms with Gasteiger partial charge in [-0.25, -0.2) is 14.7 Å². The first-order valence-electron chi connectivity index (χ1n) is 16.4. The summed E-state index contributed by atoms with van der Waals surface area (Å²) in [5, 5.41) is 0.985. The van der Waals surface area contributed by atoms with Crippen molar-refractivity contribution in [1.82, 2.24) is 14.5 Å². The van der Waals surface area contributed by atoms with Crippen molar-refractivity contribution in [2.75, 3.05) is 54.1 Å². The molecule has 14 heteroatoms. The van der Waals surface area contributed by atoms with E-state index in [9.17, 15) is 14.4 Å². The van der Waals surface area contributed by atoms with Gasteiger partial charge in [-0.1, -0.05) is 29.3 Å². The molecule has 1 aromatic heterocycles. The quantitative estimate of drug-likeness (QED) is 0.154. The molecule has 0 aliphatic carbocycles. The van der Waals surface area contributed by atoms with Gasteiger partial charge in [-0.3, -0.25) is 14.5 Å². The molecule has 7 rings (SSSR count). The summed E-state index contributed by atoms with van der Waals surface area (Å²) in [7, 11) is 0. The molecule has 260 valence electrons. The predicted octanol–water partition coefficient (Wildman–Crippen LogP) is 5.57. The van der Waals surface area contributed by atoms with Crippen LogP contribution in [0.1, 0.15) is 19.4 Å². The molecule has 0 radical (unpaired) electrons. The smallest absolute Gasteiger partial charge is 0.339 e. The minimum absolute atomic E-state index is 0.292. The van der Waals surface area contributed by atoms with Crippen LogP contribution in [0.2, 0.25) is 10.0 Å². The van der Waals surface area contributed by atoms with Crippen molar-refractivity contribution in [3.8, 4) is 5.75 Å². The highest BCUT2D eigenvalue weighted by molar-refractivity contribution is 6.52. The van der Waals surface area contributed by atoms with Gasteiger partial charge >= 0.3 is 17.8 Å². The summed E-state index contributed by atoms with van der Waals surface area (Å²) in [5.74, 6) is -2.02. The minimum Gasteiger partial charge on any atom is -0.491 e. The van der Waals surface area contributed by atoms with Crippen LogP contribution in [0.5, 0.6) is 5.75 Å². The fraction of sp³-hybridized carbons (Fsp3) is 0.333. The van der Waals surface area contributed by atoms with Crippen molar-refractivity contribution < 1.29 is 28.6 Å². The van der Waals surface area contributed by atoms with E-state index in [0.717, 1.165) is 53.1 Å². The minimum atomic E-state index is -1.12. The molecule has 3 aromatic carbocycles. The zero-order valence-electron chi connectivity index (χ0n) is 27.6. The van der Waals surface area contributed by atoms with Crippen LogP contribution in [0.4, 0.5) is 21.9 Å². The molecular formula is C36H36Cl2N6O6. The van der Waals surface area contributed by atoms with Crippen molar-refractivity contribution in [1.29, 1.82) is 0 Å². The summed E-state index contributed by atoms with van der Waals surface area (Å²) in [6.45, 7) is 7.57. The van der Waals surface area contributed by atoms with Crippen molar-refractivity contribution >= 4 is 58.1 Å². The third-order valence-electron chi connectivity index (χ3n) is 9.06. The molecule has 0 N–H and O–H groups in total. The maximum Gasteiger partial charge on any atom is 0.339 e. The largest absolute Gasteiger partial charge is 0.491 e. The van der Waals surface area contributed by atoms with E-state index < -0.39 is 29.7 Å². The van der Waals surface area contributed by atoms with Crippen LogP contribution >= 0.6 is 23.2 Å². The fourth-order valence-corrected chi connectivity index (χ4v) is 7.07. The lowest BCUT2D eigenvalue weighted by atomic mass is 10.1. The van der Waals surface area contributed by atoms with E-state index in [1.165, 1.54) is 0 Å². The molecule has 2 atom stereocenters. The highest BCUT2D eigenvalue weighted by atomic mass is 35.5. The Labute approximate surface area is 299 Å². The van der Waals surface area contributed by atoms with Gasteiger partial charge in [-0.2, -0.15) is 0 Å².